The number of nitrogens with one attached hydrogen (secondary N) is 1. The molecular weight excluding hydrogens is 318 g/mol. The lowest BCUT2D eigenvalue weighted by Crippen LogP contribution is -2.42. The summed E-state index contributed by atoms with van der Waals surface area (Å²) in [6, 6.07) is 0.649. The third kappa shape index (κ3) is 4.16. The third-order valence-electron chi connectivity index (χ3n) is 4.61. The zero-order valence-electron chi connectivity index (χ0n) is 15.0. The van der Waals surface area contributed by atoms with Gasteiger partial charge >= 0.3 is 0 Å². The highest BCUT2D eigenvalue weighted by Crippen LogP contribution is 2.20. The van der Waals surface area contributed by atoms with E-state index in [1.807, 2.05) is 0 Å². The lowest BCUT2D eigenvalue weighted by molar-refractivity contribution is 0.259. The molecule has 1 saturated heterocycles. The van der Waals surface area contributed by atoms with Crippen LogP contribution in [0.25, 0.3) is 0 Å². The van der Waals surface area contributed by atoms with Gasteiger partial charge in [-0.25, -0.2) is 9.98 Å². The van der Waals surface area contributed by atoms with Gasteiger partial charge in [0.2, 0.25) is 0 Å². The Bertz CT molecular complexity index is 584. The summed E-state index contributed by atoms with van der Waals surface area (Å²) in [6.07, 6.45) is 5.77. The Kier molecular flexibility index (Phi) is 5.89. The number of thiazole rings is 1. The molecule has 0 saturated carbocycles. The second-order valence-corrected chi connectivity index (χ2v) is 7.71. The zero-order chi connectivity index (χ0) is 16.9. The summed E-state index contributed by atoms with van der Waals surface area (Å²) in [5.41, 5.74) is 1.08. The number of hydrogen-bond acceptors (Lipinski definition) is 4. The van der Waals surface area contributed by atoms with Gasteiger partial charge in [0.25, 0.3) is 0 Å². The van der Waals surface area contributed by atoms with Crippen LogP contribution in [0.5, 0.6) is 0 Å². The second-order valence-electron chi connectivity index (χ2n) is 6.82. The maximum absolute atomic E-state index is 4.84. The fraction of sp³-hybridized carbons (Fsp3) is 0.667. The number of nitrogens with zero attached hydrogens (tertiary/aromatic N) is 4. The first kappa shape index (κ1) is 17.4. The van der Waals surface area contributed by atoms with Gasteiger partial charge in [0.1, 0.15) is 0 Å². The molecule has 2 aliphatic rings. The van der Waals surface area contributed by atoms with Gasteiger partial charge in [-0.3, -0.25) is 4.90 Å². The van der Waals surface area contributed by atoms with Crippen LogP contribution >= 0.6 is 11.3 Å². The van der Waals surface area contributed by atoms with Gasteiger partial charge in [0.15, 0.2) is 5.96 Å². The van der Waals surface area contributed by atoms with Crippen LogP contribution in [-0.4, -0.2) is 59.5 Å². The Morgan fingerprint density at radius 1 is 1.42 bits per heavy atom. The van der Waals surface area contributed by atoms with Crippen LogP contribution in [0.2, 0.25) is 0 Å². The molecule has 3 rings (SSSR count). The zero-order valence-corrected chi connectivity index (χ0v) is 15.9. The summed E-state index contributed by atoms with van der Waals surface area (Å²) < 4.78 is 0. The third-order valence-corrected chi connectivity index (χ3v) is 5.81. The highest BCUT2D eigenvalue weighted by Gasteiger charge is 2.29. The van der Waals surface area contributed by atoms with E-state index in [0.717, 1.165) is 44.4 Å². The van der Waals surface area contributed by atoms with Gasteiger partial charge in [-0.2, -0.15) is 0 Å². The molecule has 5 nitrogen and oxygen atoms in total. The molecule has 1 unspecified atom stereocenters. The average molecular weight is 348 g/mol. The van der Waals surface area contributed by atoms with Gasteiger partial charge < -0.3 is 10.2 Å². The Morgan fingerprint density at radius 3 is 2.88 bits per heavy atom. The molecule has 1 fully saturated rings. The molecule has 0 aliphatic carbocycles. The molecule has 0 spiro atoms. The number of hydrogen-bond donors (Lipinski definition) is 1. The topological polar surface area (TPSA) is 43.8 Å². The van der Waals surface area contributed by atoms with Gasteiger partial charge in [-0.1, -0.05) is 26.0 Å². The minimum Gasteiger partial charge on any atom is -0.357 e. The predicted octanol–water partition coefficient (Wildman–Crippen LogP) is 2.68. The van der Waals surface area contributed by atoms with Crippen LogP contribution in [0.15, 0.2) is 22.5 Å². The summed E-state index contributed by atoms with van der Waals surface area (Å²) in [7, 11) is 0. The van der Waals surface area contributed by atoms with Gasteiger partial charge in [0.05, 0.1) is 17.2 Å². The minimum absolute atomic E-state index is 0.495. The van der Waals surface area contributed by atoms with Crippen molar-refractivity contribution in [3.63, 3.8) is 0 Å². The number of aliphatic imine (C=N–C) groups is 1. The van der Waals surface area contributed by atoms with Crippen molar-refractivity contribution < 1.29 is 0 Å². The van der Waals surface area contributed by atoms with Crippen LogP contribution in [-0.2, 0) is 6.54 Å². The molecule has 3 heterocycles. The first-order chi connectivity index (χ1) is 11.7. The fourth-order valence-corrected chi connectivity index (χ4v) is 4.09. The number of guanidine groups is 1. The molecule has 0 amide bonds. The molecular formula is C18H29N5S. The van der Waals surface area contributed by atoms with E-state index in [0.29, 0.717) is 18.5 Å². The summed E-state index contributed by atoms with van der Waals surface area (Å²) in [5, 5.41) is 6.80. The van der Waals surface area contributed by atoms with Crippen LogP contribution in [0, 0.1) is 0 Å². The van der Waals surface area contributed by atoms with E-state index in [1.54, 1.807) is 11.3 Å². The number of aromatic nitrogens is 1. The molecule has 1 atom stereocenters. The monoisotopic (exact) mass is 347 g/mol. The first-order valence-corrected chi connectivity index (χ1v) is 9.92. The molecule has 2 aliphatic heterocycles. The quantitative estimate of drug-likeness (QED) is 0.505. The largest absolute Gasteiger partial charge is 0.357 e. The van der Waals surface area contributed by atoms with Gasteiger partial charge in [0, 0.05) is 50.1 Å². The van der Waals surface area contributed by atoms with Crippen molar-refractivity contribution in [3.8, 4) is 0 Å². The van der Waals surface area contributed by atoms with Crippen molar-refractivity contribution in [2.45, 2.75) is 45.7 Å². The summed E-state index contributed by atoms with van der Waals surface area (Å²) in [4.78, 5) is 14.5. The van der Waals surface area contributed by atoms with E-state index in [1.165, 1.54) is 11.4 Å². The van der Waals surface area contributed by atoms with E-state index in [9.17, 15) is 0 Å². The van der Waals surface area contributed by atoms with Crippen molar-refractivity contribution in [1.82, 2.24) is 20.1 Å². The van der Waals surface area contributed by atoms with Crippen molar-refractivity contribution in [2.75, 3.05) is 32.7 Å². The first-order valence-electron chi connectivity index (χ1n) is 9.04. The molecule has 0 aromatic carbocycles. The number of rotatable bonds is 5. The Balaban J connectivity index is 1.61. The van der Waals surface area contributed by atoms with E-state index >= 15 is 0 Å². The van der Waals surface area contributed by atoms with Crippen molar-refractivity contribution in [2.24, 2.45) is 4.99 Å². The average Bonchev–Trinajstić information content (AvgIpc) is 3.32. The summed E-state index contributed by atoms with van der Waals surface area (Å²) >= 11 is 1.74. The molecule has 1 N–H and O–H groups in total. The van der Waals surface area contributed by atoms with Crippen molar-refractivity contribution in [3.05, 3.63) is 28.2 Å². The van der Waals surface area contributed by atoms with Crippen LogP contribution in [0.3, 0.4) is 0 Å². The normalized spacial score (nSPS) is 22.1. The van der Waals surface area contributed by atoms with Crippen molar-refractivity contribution >= 4 is 17.3 Å². The van der Waals surface area contributed by atoms with Gasteiger partial charge in [-0.15, -0.1) is 11.3 Å². The maximum atomic E-state index is 4.84. The summed E-state index contributed by atoms with van der Waals surface area (Å²) in [5.74, 6) is 1.53. The minimum atomic E-state index is 0.495. The van der Waals surface area contributed by atoms with E-state index in [-0.39, 0.29) is 0 Å². The molecule has 24 heavy (non-hydrogen) atoms. The predicted molar refractivity (Wildman–Crippen MR) is 102 cm³/mol. The van der Waals surface area contributed by atoms with Crippen molar-refractivity contribution in [1.29, 1.82) is 0 Å². The molecule has 1 aromatic heterocycles. The molecule has 0 radical (unpaired) electrons. The van der Waals surface area contributed by atoms with E-state index in [2.05, 4.69) is 53.4 Å². The molecule has 1 aromatic rings. The lowest BCUT2D eigenvalue weighted by Gasteiger charge is -2.25. The highest BCUT2D eigenvalue weighted by molar-refractivity contribution is 7.09. The Morgan fingerprint density at radius 2 is 2.21 bits per heavy atom. The van der Waals surface area contributed by atoms with E-state index in [4.69, 9.17) is 9.98 Å². The highest BCUT2D eigenvalue weighted by atomic mass is 32.1. The van der Waals surface area contributed by atoms with Crippen LogP contribution in [0.1, 0.15) is 43.8 Å². The smallest absolute Gasteiger partial charge is 0.194 e. The standard InChI is InChI=1S/C18H29N5S/c1-4-19-18(20-11-15-13-24-17(21-15)14(2)3)23-10-7-16(12-23)22-8-5-6-9-22/h5-6,13-14,16H,4,7-12H2,1-3H3,(H,19,20). The SMILES string of the molecule is CCNC(=NCc1csc(C(C)C)n1)N1CCC(N2CC=CC2)C1. The maximum Gasteiger partial charge on any atom is 0.194 e. The lowest BCUT2D eigenvalue weighted by atomic mass is 10.2. The molecule has 132 valence electrons. The summed E-state index contributed by atoms with van der Waals surface area (Å²) in [6.45, 7) is 12.4. The second kappa shape index (κ2) is 8.12. The van der Waals surface area contributed by atoms with Crippen LogP contribution in [0.4, 0.5) is 0 Å². The molecule has 0 bridgehead atoms. The number of likely N-dealkylation sites (tertiary alicyclic amines) is 1. The van der Waals surface area contributed by atoms with Crippen LogP contribution < -0.4 is 5.32 Å². The molecule has 6 heteroatoms. The van der Waals surface area contributed by atoms with E-state index < -0.39 is 0 Å². The Hall–Kier alpha value is -1.40. The fourth-order valence-electron chi connectivity index (χ4n) is 3.27. The Labute approximate surface area is 149 Å². The van der Waals surface area contributed by atoms with Gasteiger partial charge in [-0.05, 0) is 13.3 Å².